The van der Waals surface area contributed by atoms with Gasteiger partial charge >= 0.3 is 6.09 Å². The van der Waals surface area contributed by atoms with E-state index in [1.807, 2.05) is 11.8 Å². The van der Waals surface area contributed by atoms with E-state index < -0.39 is 0 Å². The van der Waals surface area contributed by atoms with Crippen LogP contribution < -0.4 is 0 Å². The molecule has 0 saturated carbocycles. The third-order valence-corrected chi connectivity index (χ3v) is 3.27. The van der Waals surface area contributed by atoms with Gasteiger partial charge in [0.15, 0.2) is 0 Å². The van der Waals surface area contributed by atoms with Crippen LogP contribution in [0.25, 0.3) is 0 Å². The van der Waals surface area contributed by atoms with Crippen molar-refractivity contribution in [3.63, 3.8) is 0 Å². The predicted octanol–water partition coefficient (Wildman–Crippen LogP) is 1.58. The van der Waals surface area contributed by atoms with Crippen molar-refractivity contribution in [1.82, 2.24) is 9.80 Å². The van der Waals surface area contributed by atoms with E-state index in [1.54, 1.807) is 7.11 Å². The molecule has 5 heteroatoms. The summed E-state index contributed by atoms with van der Waals surface area (Å²) in [6.07, 6.45) is 3.24. The first-order valence-corrected chi connectivity index (χ1v) is 6.80. The van der Waals surface area contributed by atoms with Crippen LogP contribution in [0.3, 0.4) is 0 Å². The fraction of sp³-hybridized carbons (Fsp3) is 0.923. The number of rotatable bonds is 2. The lowest BCUT2D eigenvalue weighted by Gasteiger charge is -2.18. The first-order valence-electron chi connectivity index (χ1n) is 6.80. The van der Waals surface area contributed by atoms with Crippen molar-refractivity contribution >= 4 is 6.09 Å². The van der Waals surface area contributed by atoms with Crippen molar-refractivity contribution in [3.05, 3.63) is 0 Å². The van der Waals surface area contributed by atoms with Crippen LogP contribution in [0.2, 0.25) is 0 Å². The Morgan fingerprint density at radius 3 is 2.33 bits per heavy atom. The van der Waals surface area contributed by atoms with E-state index in [0.717, 1.165) is 52.0 Å². The fourth-order valence-corrected chi connectivity index (χ4v) is 2.11. The molecule has 5 nitrogen and oxygen atoms in total. The van der Waals surface area contributed by atoms with Gasteiger partial charge in [-0.3, -0.25) is 0 Å². The van der Waals surface area contributed by atoms with Gasteiger partial charge in [0.05, 0.1) is 0 Å². The second-order valence-corrected chi connectivity index (χ2v) is 4.83. The van der Waals surface area contributed by atoms with Crippen molar-refractivity contribution < 1.29 is 14.3 Å². The third kappa shape index (κ3) is 5.23. The zero-order valence-electron chi connectivity index (χ0n) is 11.9. The standard InChI is InChI=1S/C10H18N2O2.C3H8O/c1-11-7-4-9(8-11)14-10(13)12-5-2-3-6-12;1-3-4-2/h9H,2-8H2,1H3;3H2,1-2H3. The van der Waals surface area contributed by atoms with E-state index in [9.17, 15) is 4.79 Å². The number of likely N-dealkylation sites (tertiary alicyclic amines) is 2. The van der Waals surface area contributed by atoms with Crippen LogP contribution in [0.5, 0.6) is 0 Å². The highest BCUT2D eigenvalue weighted by Gasteiger charge is 2.26. The lowest BCUT2D eigenvalue weighted by Crippen LogP contribution is -2.32. The van der Waals surface area contributed by atoms with Crippen molar-refractivity contribution in [2.45, 2.75) is 32.3 Å². The summed E-state index contributed by atoms with van der Waals surface area (Å²) in [6.45, 7) is 6.46. The summed E-state index contributed by atoms with van der Waals surface area (Å²) < 4.78 is 9.95. The zero-order valence-corrected chi connectivity index (χ0v) is 11.9. The molecule has 0 spiro atoms. The Morgan fingerprint density at radius 2 is 1.89 bits per heavy atom. The Morgan fingerprint density at radius 1 is 1.28 bits per heavy atom. The highest BCUT2D eigenvalue weighted by molar-refractivity contribution is 5.68. The van der Waals surface area contributed by atoms with Crippen molar-refractivity contribution in [2.24, 2.45) is 0 Å². The molecule has 18 heavy (non-hydrogen) atoms. The van der Waals surface area contributed by atoms with Gasteiger partial charge in [-0.1, -0.05) is 0 Å². The van der Waals surface area contributed by atoms with E-state index in [4.69, 9.17) is 4.74 Å². The molecule has 2 aliphatic rings. The van der Waals surface area contributed by atoms with Gasteiger partial charge in [0.2, 0.25) is 0 Å². The van der Waals surface area contributed by atoms with Crippen LogP contribution in [0.15, 0.2) is 0 Å². The van der Waals surface area contributed by atoms with Crippen LogP contribution in [0.1, 0.15) is 26.2 Å². The van der Waals surface area contributed by atoms with Gasteiger partial charge in [0.25, 0.3) is 0 Å². The van der Waals surface area contributed by atoms with E-state index >= 15 is 0 Å². The fourth-order valence-electron chi connectivity index (χ4n) is 2.11. The lowest BCUT2D eigenvalue weighted by atomic mass is 10.3. The van der Waals surface area contributed by atoms with Crippen LogP contribution in [-0.4, -0.2) is 68.9 Å². The van der Waals surface area contributed by atoms with Gasteiger partial charge in [-0.05, 0) is 33.2 Å². The van der Waals surface area contributed by atoms with Crippen molar-refractivity contribution in [2.75, 3.05) is 46.9 Å². The maximum Gasteiger partial charge on any atom is 0.410 e. The molecule has 0 bridgehead atoms. The normalized spacial score (nSPS) is 23.7. The molecule has 0 aromatic heterocycles. The smallest absolute Gasteiger partial charge is 0.410 e. The predicted molar refractivity (Wildman–Crippen MR) is 70.7 cm³/mol. The van der Waals surface area contributed by atoms with E-state index in [1.165, 1.54) is 0 Å². The Kier molecular flexibility index (Phi) is 7.05. The molecule has 2 fully saturated rings. The number of nitrogens with zero attached hydrogens (tertiary/aromatic N) is 2. The summed E-state index contributed by atoms with van der Waals surface area (Å²) in [6, 6.07) is 0. The molecular formula is C13H26N2O3. The molecule has 2 heterocycles. The first kappa shape index (κ1) is 15.2. The average Bonchev–Trinajstić information content (AvgIpc) is 3.01. The summed E-state index contributed by atoms with van der Waals surface area (Å²) >= 11 is 0. The topological polar surface area (TPSA) is 42.0 Å². The second-order valence-electron chi connectivity index (χ2n) is 4.83. The molecule has 2 saturated heterocycles. The number of carbonyl (C=O) groups is 1. The zero-order chi connectivity index (χ0) is 13.4. The van der Waals surface area contributed by atoms with Gasteiger partial charge < -0.3 is 19.3 Å². The number of likely N-dealkylation sites (N-methyl/N-ethyl adjacent to an activating group) is 1. The summed E-state index contributed by atoms with van der Waals surface area (Å²) in [5, 5.41) is 0. The number of hydrogen-bond donors (Lipinski definition) is 0. The summed E-state index contributed by atoms with van der Waals surface area (Å²) in [5.41, 5.74) is 0. The molecule has 1 amide bonds. The molecule has 0 N–H and O–H groups in total. The van der Waals surface area contributed by atoms with E-state index in [2.05, 4.69) is 16.7 Å². The summed E-state index contributed by atoms with van der Waals surface area (Å²) in [4.78, 5) is 15.6. The Hall–Kier alpha value is -0.810. The number of ether oxygens (including phenoxy) is 2. The van der Waals surface area contributed by atoms with Gasteiger partial charge in [-0.25, -0.2) is 4.79 Å². The summed E-state index contributed by atoms with van der Waals surface area (Å²) in [5.74, 6) is 0. The highest BCUT2D eigenvalue weighted by Crippen LogP contribution is 2.14. The van der Waals surface area contributed by atoms with E-state index in [0.29, 0.717) is 0 Å². The minimum atomic E-state index is -0.109. The number of hydrogen-bond acceptors (Lipinski definition) is 4. The molecule has 106 valence electrons. The summed E-state index contributed by atoms with van der Waals surface area (Å²) in [7, 11) is 3.74. The number of methoxy groups -OCH3 is 1. The Bertz CT molecular complexity index is 240. The molecule has 1 atom stereocenters. The maximum absolute atomic E-state index is 11.6. The molecule has 2 aliphatic heterocycles. The van der Waals surface area contributed by atoms with Crippen LogP contribution in [-0.2, 0) is 9.47 Å². The first-order chi connectivity index (χ1) is 8.67. The van der Waals surface area contributed by atoms with Crippen molar-refractivity contribution in [1.29, 1.82) is 0 Å². The lowest BCUT2D eigenvalue weighted by molar-refractivity contribution is 0.0730. The molecule has 0 aromatic rings. The molecule has 1 unspecified atom stereocenters. The molecule has 0 radical (unpaired) electrons. The third-order valence-electron chi connectivity index (χ3n) is 3.27. The van der Waals surface area contributed by atoms with Crippen molar-refractivity contribution in [3.8, 4) is 0 Å². The van der Waals surface area contributed by atoms with Gasteiger partial charge in [-0.2, -0.15) is 0 Å². The molecule has 0 aromatic carbocycles. The van der Waals surface area contributed by atoms with Crippen LogP contribution in [0.4, 0.5) is 4.79 Å². The van der Waals surface area contributed by atoms with Gasteiger partial charge in [0.1, 0.15) is 6.10 Å². The Balaban J connectivity index is 0.000000357. The van der Waals surface area contributed by atoms with Gasteiger partial charge in [0, 0.05) is 39.9 Å². The minimum Gasteiger partial charge on any atom is -0.445 e. The molecule has 0 aliphatic carbocycles. The van der Waals surface area contributed by atoms with Crippen LogP contribution >= 0.6 is 0 Å². The Labute approximate surface area is 110 Å². The van der Waals surface area contributed by atoms with E-state index in [-0.39, 0.29) is 12.2 Å². The molecule has 2 rings (SSSR count). The second kappa shape index (κ2) is 8.32. The SMILES string of the molecule is CCOC.CN1CCC(OC(=O)N2CCCC2)C1. The maximum atomic E-state index is 11.6. The van der Waals surface area contributed by atoms with Gasteiger partial charge in [-0.15, -0.1) is 0 Å². The largest absolute Gasteiger partial charge is 0.445 e. The highest BCUT2D eigenvalue weighted by atomic mass is 16.6. The monoisotopic (exact) mass is 258 g/mol. The minimum absolute atomic E-state index is 0.109. The van der Waals surface area contributed by atoms with Crippen LogP contribution in [0, 0.1) is 0 Å². The number of carbonyl (C=O) groups excluding carboxylic acids is 1. The number of amides is 1. The average molecular weight is 258 g/mol. The quantitative estimate of drug-likeness (QED) is 0.754. The molecular weight excluding hydrogens is 232 g/mol.